The average Bonchev–Trinajstić information content (AvgIpc) is 0.918. The van der Waals surface area contributed by atoms with Gasteiger partial charge in [0.05, 0.1) is 0 Å². The molecule has 0 heterocycles. The number of carbonyl (C=O) groups is 1. The van der Waals surface area contributed by atoms with Crippen LogP contribution in [-0.4, -0.2) is 11.6 Å². The second kappa shape index (κ2) is 21.7. The normalized spacial score (nSPS) is 2.40. The third-order valence-corrected chi connectivity index (χ3v) is 0. The first-order valence-corrected chi connectivity index (χ1v) is 0.494. The topological polar surface area (TPSA) is 37.3 Å². The molecule has 0 radical (unpaired) electrons. The van der Waals surface area contributed by atoms with Gasteiger partial charge in [-0.2, -0.15) is 0 Å². The van der Waals surface area contributed by atoms with Crippen LogP contribution in [-0.2, 0) is 4.79 Å². The zero-order chi connectivity index (χ0) is 2.71. The summed E-state index contributed by atoms with van der Waals surface area (Å²) in [6, 6.07) is 0. The Balaban J connectivity index is -0.00000000667. The molecule has 0 saturated carbocycles. The summed E-state index contributed by atoms with van der Waals surface area (Å²) in [6.45, 7) is -0.250. The van der Waals surface area contributed by atoms with Gasteiger partial charge >= 0.3 is 29.6 Å². The molecule has 5 heavy (non-hydrogen) atoms. The molecular formula is CH4ClNaO2. The molecule has 0 aromatic rings. The van der Waals surface area contributed by atoms with Crippen LogP contribution >= 0.6 is 12.4 Å². The molecule has 4 heteroatoms. The van der Waals surface area contributed by atoms with Gasteiger partial charge in [-0.1, -0.05) is 0 Å². The van der Waals surface area contributed by atoms with Gasteiger partial charge in [0.15, 0.2) is 0 Å². The summed E-state index contributed by atoms with van der Waals surface area (Å²) in [5, 5.41) is 6.89. The molecule has 0 fully saturated rings. The summed E-state index contributed by atoms with van der Waals surface area (Å²) in [4.78, 5) is 8.36. The van der Waals surface area contributed by atoms with Crippen molar-refractivity contribution < 1.29 is 40.9 Å². The first-order chi connectivity index (χ1) is 1.41. The second-order valence-electron chi connectivity index (χ2n) is 0.105. The fourth-order valence-corrected chi connectivity index (χ4v) is 0. The maximum Gasteiger partial charge on any atom is 1.00 e. The van der Waals surface area contributed by atoms with Crippen LogP contribution < -0.4 is 29.6 Å². The third-order valence-electron chi connectivity index (χ3n) is 0. The summed E-state index contributed by atoms with van der Waals surface area (Å²) in [6.07, 6.45) is 0. The molecule has 0 unspecified atom stereocenters. The van der Waals surface area contributed by atoms with Crippen molar-refractivity contribution in [1.82, 2.24) is 0 Å². The molecule has 0 aromatic carbocycles. The summed E-state index contributed by atoms with van der Waals surface area (Å²) in [5.74, 6) is 0. The summed E-state index contributed by atoms with van der Waals surface area (Å²) < 4.78 is 0. The molecule has 0 aliphatic rings. The van der Waals surface area contributed by atoms with Crippen LogP contribution in [0, 0.1) is 0 Å². The zero-order valence-corrected chi connectivity index (χ0v) is 5.66. The summed E-state index contributed by atoms with van der Waals surface area (Å²) >= 11 is 0. The number of halogens is 1. The third kappa shape index (κ3) is 62.8. The first kappa shape index (κ1) is 17.1. The van der Waals surface area contributed by atoms with Crippen molar-refractivity contribution in [3.05, 3.63) is 0 Å². The second-order valence-corrected chi connectivity index (χ2v) is 0.105. The maximum atomic E-state index is 8.36. The van der Waals surface area contributed by atoms with Crippen LogP contribution in [0.25, 0.3) is 0 Å². The van der Waals surface area contributed by atoms with E-state index < -0.39 is 0 Å². The fraction of sp³-hybridized carbons (Fsp3) is 0. The number of rotatable bonds is 0. The van der Waals surface area contributed by atoms with E-state index in [0.717, 1.165) is 0 Å². The van der Waals surface area contributed by atoms with Gasteiger partial charge in [0.2, 0.25) is 0 Å². The maximum absolute atomic E-state index is 8.36. The van der Waals surface area contributed by atoms with Gasteiger partial charge in [-0.3, -0.25) is 4.79 Å². The Morgan fingerprint density at radius 1 is 1.80 bits per heavy atom. The Morgan fingerprint density at radius 3 is 1.80 bits per heavy atom. The molecule has 0 spiro atoms. The van der Waals surface area contributed by atoms with Gasteiger partial charge in [0.1, 0.15) is 0 Å². The van der Waals surface area contributed by atoms with Crippen molar-refractivity contribution in [2.45, 2.75) is 0 Å². The van der Waals surface area contributed by atoms with Gasteiger partial charge in [0.25, 0.3) is 6.47 Å². The minimum absolute atomic E-state index is 0. The molecule has 0 aliphatic heterocycles. The van der Waals surface area contributed by atoms with Crippen molar-refractivity contribution in [2.24, 2.45) is 0 Å². The standard InChI is InChI=1S/CH2O2.ClH.Na.H/c2-1-3;;;/h1H,(H,2,3);1H;;/q;;+1;-1. The van der Waals surface area contributed by atoms with Crippen molar-refractivity contribution >= 4 is 18.9 Å². The van der Waals surface area contributed by atoms with E-state index in [2.05, 4.69) is 0 Å². The van der Waals surface area contributed by atoms with Crippen LogP contribution in [0.3, 0.4) is 0 Å². The Hall–Kier alpha value is 0.760. The molecule has 0 aliphatic carbocycles. The van der Waals surface area contributed by atoms with Gasteiger partial charge in [0, 0.05) is 0 Å². The van der Waals surface area contributed by atoms with E-state index in [4.69, 9.17) is 9.90 Å². The van der Waals surface area contributed by atoms with E-state index in [-0.39, 0.29) is 49.9 Å². The van der Waals surface area contributed by atoms with Gasteiger partial charge in [-0.15, -0.1) is 12.4 Å². The summed E-state index contributed by atoms with van der Waals surface area (Å²) in [5.41, 5.74) is 0. The summed E-state index contributed by atoms with van der Waals surface area (Å²) in [7, 11) is 0. The minimum atomic E-state index is -0.250. The van der Waals surface area contributed by atoms with E-state index in [1.165, 1.54) is 0 Å². The molecule has 0 bridgehead atoms. The zero-order valence-electron chi connectivity index (χ0n) is 3.84. The molecule has 0 saturated heterocycles. The van der Waals surface area contributed by atoms with Crippen molar-refractivity contribution in [1.29, 1.82) is 0 Å². The SMILES string of the molecule is Cl.O=CO.[H-].[Na+]. The number of carboxylic acid groups (broad SMARTS) is 1. The van der Waals surface area contributed by atoms with Crippen molar-refractivity contribution in [3.8, 4) is 0 Å². The Morgan fingerprint density at radius 2 is 1.80 bits per heavy atom. The molecule has 2 nitrogen and oxygen atoms in total. The predicted octanol–water partition coefficient (Wildman–Crippen LogP) is -2.76. The molecule has 28 valence electrons. The Bertz CT molecular complexity index is 21.0. The van der Waals surface area contributed by atoms with E-state index in [1.54, 1.807) is 0 Å². The number of hydrogen-bond donors (Lipinski definition) is 1. The molecule has 1 N–H and O–H groups in total. The van der Waals surface area contributed by atoms with Crippen LogP contribution in [0.2, 0.25) is 0 Å². The van der Waals surface area contributed by atoms with E-state index in [9.17, 15) is 0 Å². The average molecular weight is 106 g/mol. The first-order valence-electron chi connectivity index (χ1n) is 0.494. The molecule has 0 amide bonds. The predicted molar refractivity (Wildman–Crippen MR) is 17.1 cm³/mol. The Kier molecular flexibility index (Phi) is 74.4. The van der Waals surface area contributed by atoms with Gasteiger partial charge in [-0.05, 0) is 0 Å². The van der Waals surface area contributed by atoms with Crippen LogP contribution in [0.5, 0.6) is 0 Å². The van der Waals surface area contributed by atoms with E-state index >= 15 is 0 Å². The number of hydrogen-bond acceptors (Lipinski definition) is 1. The van der Waals surface area contributed by atoms with Gasteiger partial charge in [-0.25, -0.2) is 0 Å². The van der Waals surface area contributed by atoms with Crippen molar-refractivity contribution in [2.75, 3.05) is 0 Å². The Labute approximate surface area is 59.7 Å². The van der Waals surface area contributed by atoms with Crippen LogP contribution in [0.15, 0.2) is 0 Å². The monoisotopic (exact) mass is 106 g/mol. The fourth-order valence-electron chi connectivity index (χ4n) is 0. The van der Waals surface area contributed by atoms with E-state index in [1.807, 2.05) is 0 Å². The van der Waals surface area contributed by atoms with E-state index in [0.29, 0.717) is 0 Å². The molecular weight excluding hydrogens is 102 g/mol. The molecule has 0 atom stereocenters. The van der Waals surface area contributed by atoms with Gasteiger partial charge < -0.3 is 6.53 Å². The smallest absolute Gasteiger partial charge is 1.00 e. The van der Waals surface area contributed by atoms with Crippen molar-refractivity contribution in [3.63, 3.8) is 0 Å². The van der Waals surface area contributed by atoms with Crippen LogP contribution in [0.1, 0.15) is 1.43 Å². The molecule has 0 aromatic heterocycles. The minimum Gasteiger partial charge on any atom is -1.00 e. The van der Waals surface area contributed by atoms with Crippen LogP contribution in [0.4, 0.5) is 0 Å². The molecule has 0 rings (SSSR count). The quantitative estimate of drug-likeness (QED) is 0.268. The largest absolute Gasteiger partial charge is 1.00 e.